The van der Waals surface area contributed by atoms with Gasteiger partial charge in [0.15, 0.2) is 0 Å². The molecule has 16 heavy (non-hydrogen) atoms. The van der Waals surface area contributed by atoms with Crippen LogP contribution in [0.1, 0.15) is 38.5 Å². The summed E-state index contributed by atoms with van der Waals surface area (Å²) in [5.74, 6) is 0. The Morgan fingerprint density at radius 3 is 2.81 bits per heavy atom. The van der Waals surface area contributed by atoms with Crippen LogP contribution in [0.3, 0.4) is 0 Å². The van der Waals surface area contributed by atoms with E-state index in [1.165, 1.54) is 45.1 Å². The van der Waals surface area contributed by atoms with Gasteiger partial charge in [0.1, 0.15) is 0 Å². The van der Waals surface area contributed by atoms with Crippen LogP contribution < -0.4 is 5.32 Å². The van der Waals surface area contributed by atoms with Crippen LogP contribution in [0, 0.1) is 0 Å². The number of aromatic nitrogens is 2. The molecule has 0 aromatic carbocycles. The number of aryl methyl sites for hydroxylation is 1. The molecule has 0 bridgehead atoms. The summed E-state index contributed by atoms with van der Waals surface area (Å²) in [6, 6.07) is 0.862. The van der Waals surface area contributed by atoms with Crippen LogP contribution in [-0.2, 0) is 6.54 Å². The maximum Gasteiger partial charge on any atom is 0.0632 e. The van der Waals surface area contributed by atoms with Crippen LogP contribution in [0.4, 0.5) is 0 Å². The van der Waals surface area contributed by atoms with E-state index in [4.69, 9.17) is 0 Å². The van der Waals surface area contributed by atoms with E-state index in [0.717, 1.165) is 17.1 Å². The number of hydrogen-bond acceptors (Lipinski definition) is 2. The second-order valence-corrected chi connectivity index (χ2v) is 5.48. The van der Waals surface area contributed by atoms with Crippen LogP contribution in [0.15, 0.2) is 16.9 Å². The molecule has 1 heterocycles. The molecular weight excluding hydrogens is 266 g/mol. The van der Waals surface area contributed by atoms with Gasteiger partial charge < -0.3 is 5.32 Å². The lowest BCUT2D eigenvalue weighted by molar-refractivity contribution is 0.524. The fourth-order valence-electron chi connectivity index (χ4n) is 1.81. The molecule has 0 spiro atoms. The lowest BCUT2D eigenvalue weighted by atomic mass is 10.2. The first-order valence-corrected chi connectivity index (χ1v) is 7.05. The highest BCUT2D eigenvalue weighted by atomic mass is 79.9. The third kappa shape index (κ3) is 4.66. The van der Waals surface area contributed by atoms with Crippen molar-refractivity contribution >= 4 is 15.9 Å². The Morgan fingerprint density at radius 2 is 2.12 bits per heavy atom. The molecule has 4 heteroatoms. The van der Waals surface area contributed by atoms with Crippen molar-refractivity contribution in [2.45, 2.75) is 51.1 Å². The molecule has 3 nitrogen and oxygen atoms in total. The molecule has 1 fully saturated rings. The summed E-state index contributed by atoms with van der Waals surface area (Å²) >= 11 is 3.40. The summed E-state index contributed by atoms with van der Waals surface area (Å²) in [6.45, 7) is 2.25. The van der Waals surface area contributed by atoms with Crippen LogP contribution >= 0.6 is 15.9 Å². The molecule has 1 saturated carbocycles. The Hall–Kier alpha value is -0.350. The Morgan fingerprint density at radius 1 is 1.31 bits per heavy atom. The smallest absolute Gasteiger partial charge is 0.0632 e. The van der Waals surface area contributed by atoms with Crippen molar-refractivity contribution in [1.29, 1.82) is 0 Å². The third-order valence-corrected chi connectivity index (χ3v) is 3.34. The lowest BCUT2D eigenvalue weighted by Gasteiger charge is -2.03. The van der Waals surface area contributed by atoms with Crippen molar-refractivity contribution in [3.8, 4) is 0 Å². The van der Waals surface area contributed by atoms with Gasteiger partial charge in [0.2, 0.25) is 0 Å². The first-order valence-electron chi connectivity index (χ1n) is 6.26. The summed E-state index contributed by atoms with van der Waals surface area (Å²) in [5, 5.41) is 7.78. The zero-order valence-corrected chi connectivity index (χ0v) is 11.2. The van der Waals surface area contributed by atoms with Gasteiger partial charge in [-0.1, -0.05) is 12.8 Å². The number of halogens is 1. The minimum Gasteiger partial charge on any atom is -0.314 e. The maximum atomic E-state index is 4.24. The van der Waals surface area contributed by atoms with Crippen LogP contribution in [-0.4, -0.2) is 22.4 Å². The minimum absolute atomic E-state index is 0.862. The van der Waals surface area contributed by atoms with Gasteiger partial charge in [-0.05, 0) is 48.2 Å². The quantitative estimate of drug-likeness (QED) is 0.745. The normalized spacial score (nSPS) is 15.6. The number of nitrogens with zero attached hydrogens (tertiary/aromatic N) is 2. The molecule has 0 radical (unpaired) electrons. The van der Waals surface area contributed by atoms with Gasteiger partial charge in [0.05, 0.1) is 10.7 Å². The molecule has 1 aromatic heterocycles. The Bertz CT molecular complexity index is 307. The molecule has 1 aliphatic rings. The minimum atomic E-state index is 0.862. The van der Waals surface area contributed by atoms with E-state index in [1.54, 1.807) is 0 Å². The fourth-order valence-corrected chi connectivity index (χ4v) is 2.13. The van der Waals surface area contributed by atoms with E-state index in [-0.39, 0.29) is 0 Å². The van der Waals surface area contributed by atoms with Crippen molar-refractivity contribution in [2.75, 3.05) is 6.54 Å². The maximum absolute atomic E-state index is 4.24. The van der Waals surface area contributed by atoms with E-state index >= 15 is 0 Å². The average molecular weight is 286 g/mol. The van der Waals surface area contributed by atoms with E-state index in [1.807, 2.05) is 17.1 Å². The van der Waals surface area contributed by atoms with Gasteiger partial charge in [-0.3, -0.25) is 4.68 Å². The van der Waals surface area contributed by atoms with Gasteiger partial charge >= 0.3 is 0 Å². The molecule has 0 amide bonds. The Kier molecular flexibility index (Phi) is 4.85. The van der Waals surface area contributed by atoms with E-state index in [0.29, 0.717) is 0 Å². The topological polar surface area (TPSA) is 29.9 Å². The average Bonchev–Trinajstić information content (AvgIpc) is 3.00. The van der Waals surface area contributed by atoms with Crippen LogP contribution in [0.5, 0.6) is 0 Å². The molecule has 0 aliphatic heterocycles. The third-order valence-electron chi connectivity index (χ3n) is 2.93. The molecule has 0 unspecified atom stereocenters. The Balaban J connectivity index is 1.42. The first-order chi connectivity index (χ1) is 7.84. The van der Waals surface area contributed by atoms with Crippen LogP contribution in [0.25, 0.3) is 0 Å². The monoisotopic (exact) mass is 285 g/mol. The Labute approximate surface area is 106 Å². The largest absolute Gasteiger partial charge is 0.314 e. The van der Waals surface area contributed by atoms with E-state index in [9.17, 15) is 0 Å². The fraction of sp³-hybridized carbons (Fsp3) is 0.750. The van der Waals surface area contributed by atoms with Crippen molar-refractivity contribution in [1.82, 2.24) is 15.1 Å². The van der Waals surface area contributed by atoms with Crippen molar-refractivity contribution in [3.05, 3.63) is 16.9 Å². The molecule has 2 rings (SSSR count). The zero-order valence-electron chi connectivity index (χ0n) is 9.66. The number of unbranched alkanes of at least 4 members (excludes halogenated alkanes) is 3. The molecule has 1 aliphatic carbocycles. The van der Waals surface area contributed by atoms with Gasteiger partial charge in [0.25, 0.3) is 0 Å². The van der Waals surface area contributed by atoms with Gasteiger partial charge in [-0.15, -0.1) is 0 Å². The number of nitrogens with one attached hydrogen (secondary N) is 1. The molecule has 1 aromatic rings. The molecule has 0 saturated heterocycles. The number of rotatable bonds is 8. The highest BCUT2D eigenvalue weighted by molar-refractivity contribution is 9.10. The molecule has 1 N–H and O–H groups in total. The summed E-state index contributed by atoms with van der Waals surface area (Å²) in [5.41, 5.74) is 0. The number of hydrogen-bond donors (Lipinski definition) is 1. The van der Waals surface area contributed by atoms with Crippen molar-refractivity contribution in [3.63, 3.8) is 0 Å². The highest BCUT2D eigenvalue weighted by Crippen LogP contribution is 2.18. The van der Waals surface area contributed by atoms with Crippen molar-refractivity contribution < 1.29 is 0 Å². The summed E-state index contributed by atoms with van der Waals surface area (Å²) in [7, 11) is 0. The SMILES string of the molecule is Brc1cnn(CCCCCCNC2CC2)c1. The molecular formula is C12H20BrN3. The zero-order chi connectivity index (χ0) is 11.2. The highest BCUT2D eigenvalue weighted by Gasteiger charge is 2.19. The predicted octanol–water partition coefficient (Wildman–Crippen LogP) is 2.96. The predicted molar refractivity (Wildman–Crippen MR) is 69.4 cm³/mol. The van der Waals surface area contributed by atoms with Crippen LogP contribution in [0.2, 0.25) is 0 Å². The summed E-state index contributed by atoms with van der Waals surface area (Å²) < 4.78 is 3.08. The van der Waals surface area contributed by atoms with Gasteiger partial charge in [-0.2, -0.15) is 5.10 Å². The standard InChI is InChI=1S/C12H20BrN3/c13-11-9-15-16(10-11)8-4-2-1-3-7-14-12-5-6-12/h9-10,12,14H,1-8H2. The second-order valence-electron chi connectivity index (χ2n) is 4.56. The van der Waals surface area contributed by atoms with Gasteiger partial charge in [0, 0.05) is 18.8 Å². The van der Waals surface area contributed by atoms with Crippen molar-refractivity contribution in [2.24, 2.45) is 0 Å². The molecule has 0 atom stereocenters. The summed E-state index contributed by atoms with van der Waals surface area (Å²) in [4.78, 5) is 0. The lowest BCUT2D eigenvalue weighted by Crippen LogP contribution is -2.17. The first kappa shape index (κ1) is 12.1. The van der Waals surface area contributed by atoms with Gasteiger partial charge in [-0.25, -0.2) is 0 Å². The van der Waals surface area contributed by atoms with E-state index in [2.05, 4.69) is 26.3 Å². The second kappa shape index (κ2) is 6.40. The van der Waals surface area contributed by atoms with E-state index < -0.39 is 0 Å². The molecule has 90 valence electrons. The summed E-state index contributed by atoms with van der Waals surface area (Å²) in [6.07, 6.45) is 11.9.